The molecule has 0 amide bonds. The fourth-order valence-corrected chi connectivity index (χ4v) is 1.83. The fourth-order valence-electron chi connectivity index (χ4n) is 1.83. The predicted octanol–water partition coefficient (Wildman–Crippen LogP) is 3.81. The Morgan fingerprint density at radius 2 is 1.04 bits per heavy atom. The Morgan fingerprint density at radius 3 is 1.42 bits per heavy atom. The molecule has 0 spiro atoms. The van der Waals surface area contributed by atoms with Crippen molar-refractivity contribution in [3.63, 3.8) is 0 Å². The Bertz CT molecular complexity index is 639. The number of hydrogen-bond acceptors (Lipinski definition) is 4. The molecule has 2 rings (SSSR count). The molecule has 122 valence electrons. The quantitative estimate of drug-likeness (QED) is 0.574. The normalized spacial score (nSPS) is 10.8. The highest BCUT2D eigenvalue weighted by atomic mass is 16.5. The molecule has 0 heterocycles. The first-order chi connectivity index (χ1) is 11.8. The number of ether oxygens (including phenoxy) is 2. The van der Waals surface area contributed by atoms with Gasteiger partial charge in [-0.3, -0.25) is 0 Å². The molecular weight excluding hydrogens is 304 g/mol. The van der Waals surface area contributed by atoms with Crippen molar-refractivity contribution in [2.45, 2.75) is 0 Å². The van der Waals surface area contributed by atoms with Crippen molar-refractivity contribution in [2.75, 3.05) is 13.2 Å². The number of allylic oxidation sites excluding steroid dienone is 2. The lowest BCUT2D eigenvalue weighted by molar-refractivity contribution is 0.0539. The van der Waals surface area contributed by atoms with Crippen molar-refractivity contribution < 1.29 is 19.1 Å². The zero-order valence-corrected chi connectivity index (χ0v) is 13.1. The highest BCUT2D eigenvalue weighted by molar-refractivity contribution is 5.89. The molecule has 0 N–H and O–H groups in total. The maximum Gasteiger partial charge on any atom is 0.338 e. The summed E-state index contributed by atoms with van der Waals surface area (Å²) in [5.41, 5.74) is 1.04. The van der Waals surface area contributed by atoms with Crippen molar-refractivity contribution in [2.24, 2.45) is 0 Å². The van der Waals surface area contributed by atoms with E-state index in [1.54, 1.807) is 72.8 Å². The minimum Gasteiger partial charge on any atom is -0.458 e. The van der Waals surface area contributed by atoms with Gasteiger partial charge in [0.2, 0.25) is 0 Å². The zero-order valence-electron chi connectivity index (χ0n) is 13.1. The van der Waals surface area contributed by atoms with Crippen molar-refractivity contribution in [3.05, 3.63) is 96.1 Å². The van der Waals surface area contributed by atoms with Crippen LogP contribution in [0.5, 0.6) is 0 Å². The number of esters is 2. The molecule has 0 aliphatic rings. The maximum absolute atomic E-state index is 11.7. The largest absolute Gasteiger partial charge is 0.458 e. The summed E-state index contributed by atoms with van der Waals surface area (Å²) >= 11 is 0. The number of carbonyl (C=O) groups is 2. The Balaban J connectivity index is 1.63. The standard InChI is InChI=1S/C20H18O4/c21-19(17-11-5-3-6-12-17)23-15-9-1-2-10-16-24-20(22)18-13-7-4-8-14-18/h1-14H,15-16H2. The molecule has 0 radical (unpaired) electrons. The second-order valence-corrected chi connectivity index (χ2v) is 4.79. The van der Waals surface area contributed by atoms with Gasteiger partial charge in [-0.25, -0.2) is 9.59 Å². The summed E-state index contributed by atoms with van der Waals surface area (Å²) in [5.74, 6) is -0.720. The van der Waals surface area contributed by atoms with Gasteiger partial charge in [-0.15, -0.1) is 0 Å². The van der Waals surface area contributed by atoms with E-state index in [4.69, 9.17) is 9.47 Å². The van der Waals surface area contributed by atoms with Gasteiger partial charge >= 0.3 is 11.9 Å². The van der Waals surface area contributed by atoms with E-state index in [0.29, 0.717) is 11.1 Å². The fraction of sp³-hybridized carbons (Fsp3) is 0.100. The summed E-state index contributed by atoms with van der Waals surface area (Å²) in [4.78, 5) is 23.3. The second kappa shape index (κ2) is 9.79. The monoisotopic (exact) mass is 322 g/mol. The highest BCUT2D eigenvalue weighted by Crippen LogP contribution is 2.02. The summed E-state index contributed by atoms with van der Waals surface area (Å²) in [5, 5.41) is 0. The van der Waals surface area contributed by atoms with Crippen LogP contribution in [0.3, 0.4) is 0 Å². The van der Waals surface area contributed by atoms with Crippen molar-refractivity contribution in [1.29, 1.82) is 0 Å². The molecule has 4 nitrogen and oxygen atoms in total. The van der Waals surface area contributed by atoms with Crippen LogP contribution in [0.15, 0.2) is 85.0 Å². The van der Waals surface area contributed by atoms with E-state index in [1.165, 1.54) is 0 Å². The van der Waals surface area contributed by atoms with Crippen LogP contribution in [0.4, 0.5) is 0 Å². The third-order valence-electron chi connectivity index (χ3n) is 3.02. The molecule has 0 saturated carbocycles. The molecule has 24 heavy (non-hydrogen) atoms. The van der Waals surface area contributed by atoms with E-state index in [2.05, 4.69) is 0 Å². The SMILES string of the molecule is O=C(OCC=CC=CCOC(=O)c1ccccc1)c1ccccc1. The smallest absolute Gasteiger partial charge is 0.338 e. The zero-order chi connectivity index (χ0) is 17.0. The maximum atomic E-state index is 11.7. The van der Waals surface area contributed by atoms with Crippen LogP contribution < -0.4 is 0 Å². The summed E-state index contributed by atoms with van der Waals surface area (Å²) in [6.45, 7) is 0.365. The Morgan fingerprint density at radius 1 is 0.667 bits per heavy atom. The van der Waals surface area contributed by atoms with Crippen LogP contribution in [0.2, 0.25) is 0 Å². The lowest BCUT2D eigenvalue weighted by Gasteiger charge is -2.01. The van der Waals surface area contributed by atoms with Gasteiger partial charge in [0.25, 0.3) is 0 Å². The topological polar surface area (TPSA) is 52.6 Å². The minimum absolute atomic E-state index is 0.182. The third-order valence-corrected chi connectivity index (χ3v) is 3.02. The van der Waals surface area contributed by atoms with E-state index in [0.717, 1.165) is 0 Å². The molecule has 4 heteroatoms. The summed E-state index contributed by atoms with van der Waals surface area (Å²) in [7, 11) is 0. The van der Waals surface area contributed by atoms with Crippen LogP contribution in [0, 0.1) is 0 Å². The Hall–Kier alpha value is -3.14. The molecule has 0 saturated heterocycles. The summed E-state index contributed by atoms with van der Waals surface area (Å²) < 4.78 is 10.2. The van der Waals surface area contributed by atoms with E-state index < -0.39 is 0 Å². The van der Waals surface area contributed by atoms with Gasteiger partial charge in [0.15, 0.2) is 0 Å². The first-order valence-electron chi connectivity index (χ1n) is 7.53. The molecule has 0 aliphatic heterocycles. The first-order valence-corrected chi connectivity index (χ1v) is 7.53. The Kier molecular flexibility index (Phi) is 7.02. The van der Waals surface area contributed by atoms with E-state index in [9.17, 15) is 9.59 Å². The van der Waals surface area contributed by atoms with Gasteiger partial charge in [0.1, 0.15) is 13.2 Å². The number of hydrogen-bond donors (Lipinski definition) is 0. The predicted molar refractivity (Wildman–Crippen MR) is 91.7 cm³/mol. The van der Waals surface area contributed by atoms with Gasteiger partial charge in [-0.2, -0.15) is 0 Å². The second-order valence-electron chi connectivity index (χ2n) is 4.79. The lowest BCUT2D eigenvalue weighted by Crippen LogP contribution is -2.04. The first kappa shape index (κ1) is 17.2. The van der Waals surface area contributed by atoms with Crippen molar-refractivity contribution >= 4 is 11.9 Å². The van der Waals surface area contributed by atoms with Gasteiger partial charge in [-0.1, -0.05) is 48.6 Å². The molecule has 0 atom stereocenters. The molecule has 0 aliphatic carbocycles. The van der Waals surface area contributed by atoms with Gasteiger partial charge in [0, 0.05) is 0 Å². The van der Waals surface area contributed by atoms with E-state index in [-0.39, 0.29) is 25.2 Å². The molecule has 0 aromatic heterocycles. The molecule has 0 unspecified atom stereocenters. The van der Waals surface area contributed by atoms with E-state index in [1.807, 2.05) is 12.1 Å². The minimum atomic E-state index is -0.360. The molecule has 2 aromatic rings. The lowest BCUT2D eigenvalue weighted by atomic mass is 10.2. The van der Waals surface area contributed by atoms with E-state index >= 15 is 0 Å². The van der Waals surface area contributed by atoms with Crippen molar-refractivity contribution in [1.82, 2.24) is 0 Å². The summed E-state index contributed by atoms with van der Waals surface area (Å²) in [6, 6.07) is 17.6. The number of carbonyl (C=O) groups excluding carboxylic acids is 2. The highest BCUT2D eigenvalue weighted by Gasteiger charge is 2.04. The van der Waals surface area contributed by atoms with Crippen LogP contribution in [-0.4, -0.2) is 25.2 Å². The van der Waals surface area contributed by atoms with Crippen LogP contribution >= 0.6 is 0 Å². The summed E-state index contributed by atoms with van der Waals surface area (Å²) in [6.07, 6.45) is 6.87. The van der Waals surface area contributed by atoms with Crippen LogP contribution in [0.1, 0.15) is 20.7 Å². The molecule has 0 bridgehead atoms. The van der Waals surface area contributed by atoms with Crippen molar-refractivity contribution in [3.8, 4) is 0 Å². The molecule has 0 fully saturated rings. The van der Waals surface area contributed by atoms with Crippen LogP contribution in [-0.2, 0) is 9.47 Å². The molecular formula is C20H18O4. The number of rotatable bonds is 7. The average Bonchev–Trinajstić information content (AvgIpc) is 2.65. The van der Waals surface area contributed by atoms with Gasteiger partial charge < -0.3 is 9.47 Å². The van der Waals surface area contributed by atoms with Gasteiger partial charge in [-0.05, 0) is 36.4 Å². The van der Waals surface area contributed by atoms with Crippen LogP contribution in [0.25, 0.3) is 0 Å². The Labute approximate surface area is 141 Å². The number of benzene rings is 2. The molecule has 2 aromatic carbocycles. The third kappa shape index (κ3) is 5.93. The van der Waals surface area contributed by atoms with Gasteiger partial charge in [0.05, 0.1) is 11.1 Å². The average molecular weight is 322 g/mol.